The summed E-state index contributed by atoms with van der Waals surface area (Å²) in [6, 6.07) is 13.8. The van der Waals surface area contributed by atoms with Crippen LogP contribution in [0.4, 0.5) is 0 Å². The van der Waals surface area contributed by atoms with Gasteiger partial charge in [0.15, 0.2) is 0 Å². The van der Waals surface area contributed by atoms with Crippen LogP contribution in [0.3, 0.4) is 0 Å². The minimum atomic E-state index is -0.264. The summed E-state index contributed by atoms with van der Waals surface area (Å²) in [6.45, 7) is 4.55. The maximum Gasteiger partial charge on any atom is 0.0846 e. The van der Waals surface area contributed by atoms with E-state index in [1.807, 2.05) is 6.07 Å². The topological polar surface area (TPSA) is 30.3 Å². The van der Waals surface area contributed by atoms with Crippen LogP contribution in [-0.2, 0) is 5.41 Å². The van der Waals surface area contributed by atoms with Crippen molar-refractivity contribution in [3.63, 3.8) is 0 Å². The minimum absolute atomic E-state index is 0.264. The van der Waals surface area contributed by atoms with Crippen molar-refractivity contribution in [3.05, 3.63) is 35.9 Å². The first-order chi connectivity index (χ1) is 11.2. The van der Waals surface area contributed by atoms with Crippen molar-refractivity contribution in [2.24, 2.45) is 0 Å². The Morgan fingerprint density at radius 3 is 2.52 bits per heavy atom. The number of piperidine rings is 2. The van der Waals surface area contributed by atoms with Gasteiger partial charge in [0, 0.05) is 6.04 Å². The van der Waals surface area contributed by atoms with Crippen LogP contribution in [0.25, 0.3) is 0 Å². The highest BCUT2D eigenvalue weighted by Gasteiger charge is 2.36. The number of nitrogens with zero attached hydrogens (tertiary/aromatic N) is 3. The second-order valence-corrected chi connectivity index (χ2v) is 7.32. The molecule has 2 fully saturated rings. The van der Waals surface area contributed by atoms with Gasteiger partial charge in [-0.05, 0) is 70.9 Å². The standard InChI is InChI=1S/C20H29N3/c1-22-13-6-5-9-19(22)10-14-23-15-11-20(17-21,12-16-23)18-7-3-2-4-8-18/h2-4,7-8,19H,5-6,9-16H2,1H3/t19-/m0/s1. The van der Waals surface area contributed by atoms with Gasteiger partial charge in [-0.2, -0.15) is 5.26 Å². The molecule has 2 aliphatic rings. The summed E-state index contributed by atoms with van der Waals surface area (Å²) in [5, 5.41) is 9.77. The van der Waals surface area contributed by atoms with Crippen LogP contribution in [0.1, 0.15) is 44.1 Å². The summed E-state index contributed by atoms with van der Waals surface area (Å²) >= 11 is 0. The van der Waals surface area contributed by atoms with Gasteiger partial charge in [0.2, 0.25) is 0 Å². The summed E-state index contributed by atoms with van der Waals surface area (Å²) < 4.78 is 0. The Morgan fingerprint density at radius 1 is 1.13 bits per heavy atom. The van der Waals surface area contributed by atoms with Gasteiger partial charge in [-0.25, -0.2) is 0 Å². The Kier molecular flexibility index (Phi) is 5.35. The fourth-order valence-corrected chi connectivity index (χ4v) is 4.22. The van der Waals surface area contributed by atoms with Crippen molar-refractivity contribution < 1.29 is 0 Å². The van der Waals surface area contributed by atoms with Crippen molar-refractivity contribution in [1.29, 1.82) is 5.26 Å². The molecule has 3 rings (SSSR count). The number of nitriles is 1. The van der Waals surface area contributed by atoms with Crippen LogP contribution in [-0.4, -0.2) is 49.1 Å². The lowest BCUT2D eigenvalue weighted by molar-refractivity contribution is 0.134. The lowest BCUT2D eigenvalue weighted by Crippen LogP contribution is -2.44. The molecule has 0 radical (unpaired) electrons. The summed E-state index contributed by atoms with van der Waals surface area (Å²) in [7, 11) is 2.27. The molecule has 0 unspecified atom stereocenters. The first-order valence-electron chi connectivity index (χ1n) is 9.13. The van der Waals surface area contributed by atoms with Crippen LogP contribution in [0, 0.1) is 11.3 Å². The van der Waals surface area contributed by atoms with E-state index in [0.29, 0.717) is 0 Å². The number of rotatable bonds is 4. The van der Waals surface area contributed by atoms with E-state index >= 15 is 0 Å². The molecule has 2 aliphatic heterocycles. The Hall–Kier alpha value is -1.37. The third kappa shape index (κ3) is 3.76. The van der Waals surface area contributed by atoms with Gasteiger partial charge in [-0.15, -0.1) is 0 Å². The summed E-state index contributed by atoms with van der Waals surface area (Å²) in [4.78, 5) is 5.11. The van der Waals surface area contributed by atoms with Gasteiger partial charge in [-0.3, -0.25) is 0 Å². The fourth-order valence-electron chi connectivity index (χ4n) is 4.22. The smallest absolute Gasteiger partial charge is 0.0846 e. The quantitative estimate of drug-likeness (QED) is 0.853. The monoisotopic (exact) mass is 311 g/mol. The van der Waals surface area contributed by atoms with Gasteiger partial charge < -0.3 is 9.80 Å². The Bertz CT molecular complexity index is 526. The molecule has 0 spiro atoms. The van der Waals surface area contributed by atoms with Crippen molar-refractivity contribution in [2.45, 2.75) is 50.0 Å². The summed E-state index contributed by atoms with van der Waals surface area (Å²) in [5.74, 6) is 0. The molecule has 3 nitrogen and oxygen atoms in total. The predicted molar refractivity (Wildman–Crippen MR) is 94.3 cm³/mol. The van der Waals surface area contributed by atoms with Crippen LogP contribution in [0.5, 0.6) is 0 Å². The van der Waals surface area contributed by atoms with E-state index in [1.54, 1.807) is 0 Å². The largest absolute Gasteiger partial charge is 0.303 e. The number of likely N-dealkylation sites (tertiary alicyclic amines) is 2. The summed E-state index contributed by atoms with van der Waals surface area (Å²) in [5.41, 5.74) is 0.938. The van der Waals surface area contributed by atoms with Gasteiger partial charge in [-0.1, -0.05) is 36.8 Å². The van der Waals surface area contributed by atoms with Gasteiger partial charge in [0.1, 0.15) is 0 Å². The van der Waals surface area contributed by atoms with Gasteiger partial charge in [0.25, 0.3) is 0 Å². The predicted octanol–water partition coefficient (Wildman–Crippen LogP) is 3.42. The zero-order chi connectivity index (χ0) is 16.1. The van der Waals surface area contributed by atoms with Crippen molar-refractivity contribution in [2.75, 3.05) is 33.2 Å². The molecule has 0 aliphatic carbocycles. The van der Waals surface area contributed by atoms with Gasteiger partial charge in [0.05, 0.1) is 11.5 Å². The zero-order valence-corrected chi connectivity index (χ0v) is 14.4. The Balaban J connectivity index is 1.53. The second kappa shape index (κ2) is 7.47. The minimum Gasteiger partial charge on any atom is -0.303 e. The normalized spacial score (nSPS) is 25.8. The fraction of sp³-hybridized carbons (Fsp3) is 0.650. The highest BCUT2D eigenvalue weighted by atomic mass is 15.2. The van der Waals surface area contributed by atoms with E-state index in [4.69, 9.17) is 0 Å². The molecule has 1 aromatic rings. The molecule has 1 atom stereocenters. The lowest BCUT2D eigenvalue weighted by Gasteiger charge is -2.39. The Labute approximate surface area is 140 Å². The number of hydrogen-bond donors (Lipinski definition) is 0. The van der Waals surface area contributed by atoms with E-state index in [0.717, 1.165) is 32.0 Å². The first kappa shape index (κ1) is 16.5. The van der Waals surface area contributed by atoms with Crippen LogP contribution >= 0.6 is 0 Å². The molecule has 2 heterocycles. The van der Waals surface area contributed by atoms with Crippen LogP contribution in [0.15, 0.2) is 30.3 Å². The average Bonchev–Trinajstić information content (AvgIpc) is 2.62. The van der Waals surface area contributed by atoms with Crippen molar-refractivity contribution >= 4 is 0 Å². The molecule has 0 amide bonds. The van der Waals surface area contributed by atoms with Crippen molar-refractivity contribution in [1.82, 2.24) is 9.80 Å². The maximum atomic E-state index is 9.77. The molecule has 0 aromatic heterocycles. The third-order valence-corrected chi connectivity index (χ3v) is 5.95. The number of benzene rings is 1. The SMILES string of the molecule is CN1CCCC[C@H]1CCN1CCC(C#N)(c2ccccc2)CC1. The lowest BCUT2D eigenvalue weighted by atomic mass is 9.74. The second-order valence-electron chi connectivity index (χ2n) is 7.32. The molecular formula is C20H29N3. The molecule has 3 heteroatoms. The van der Waals surface area contributed by atoms with Crippen molar-refractivity contribution in [3.8, 4) is 6.07 Å². The molecule has 0 bridgehead atoms. The first-order valence-corrected chi connectivity index (χ1v) is 9.13. The van der Waals surface area contributed by atoms with E-state index in [9.17, 15) is 5.26 Å². The summed E-state index contributed by atoms with van der Waals surface area (Å²) in [6.07, 6.45) is 7.32. The van der Waals surface area contributed by atoms with E-state index < -0.39 is 0 Å². The zero-order valence-electron chi connectivity index (χ0n) is 14.4. The van der Waals surface area contributed by atoms with Gasteiger partial charge >= 0.3 is 0 Å². The van der Waals surface area contributed by atoms with E-state index in [2.05, 4.69) is 47.2 Å². The molecular weight excluding hydrogens is 282 g/mol. The molecule has 124 valence electrons. The average molecular weight is 311 g/mol. The Morgan fingerprint density at radius 2 is 1.87 bits per heavy atom. The van der Waals surface area contributed by atoms with Crippen LogP contribution in [0.2, 0.25) is 0 Å². The molecule has 2 saturated heterocycles. The third-order valence-electron chi connectivity index (χ3n) is 5.95. The van der Waals surface area contributed by atoms with E-state index in [1.165, 1.54) is 44.3 Å². The molecule has 0 saturated carbocycles. The highest BCUT2D eigenvalue weighted by molar-refractivity contribution is 5.33. The molecule has 1 aromatic carbocycles. The molecule has 0 N–H and O–H groups in total. The molecule has 23 heavy (non-hydrogen) atoms. The number of hydrogen-bond acceptors (Lipinski definition) is 3. The highest BCUT2D eigenvalue weighted by Crippen LogP contribution is 2.35. The van der Waals surface area contributed by atoms with E-state index in [-0.39, 0.29) is 5.41 Å². The maximum absolute atomic E-state index is 9.77. The van der Waals surface area contributed by atoms with Crippen LogP contribution < -0.4 is 0 Å².